The van der Waals surface area contributed by atoms with Crippen molar-refractivity contribution in [3.63, 3.8) is 0 Å². The van der Waals surface area contributed by atoms with E-state index in [1.54, 1.807) is 0 Å². The summed E-state index contributed by atoms with van der Waals surface area (Å²) in [5, 5.41) is 3.59. The Labute approximate surface area is 93.3 Å². The Hall–Kier alpha value is -1.84. The number of nitrogen functional groups attached to an aromatic ring is 1. The van der Waals surface area contributed by atoms with Gasteiger partial charge in [-0.2, -0.15) is 0 Å². The molecule has 1 aromatic heterocycles. The standard InChI is InChI=1S/C7H9F3N4O3/c8-7(9,10)17-2-1-16-5(15)3-14-4-12-6(11)13-14/h4H,1-3H2,(H2,11,13). The predicted molar refractivity (Wildman–Crippen MR) is 47.4 cm³/mol. The zero-order chi connectivity index (χ0) is 12.9. The molecule has 0 saturated carbocycles. The van der Waals surface area contributed by atoms with Gasteiger partial charge in [0.05, 0.1) is 6.61 Å². The summed E-state index contributed by atoms with van der Waals surface area (Å²) in [5.74, 6) is -0.779. The van der Waals surface area contributed by atoms with Gasteiger partial charge in [-0.05, 0) is 0 Å². The van der Waals surface area contributed by atoms with Gasteiger partial charge in [0.2, 0.25) is 5.95 Å². The van der Waals surface area contributed by atoms with Gasteiger partial charge in [-0.3, -0.25) is 9.53 Å². The number of nitrogens with two attached hydrogens (primary N) is 1. The highest BCUT2D eigenvalue weighted by molar-refractivity contribution is 5.68. The first kappa shape index (κ1) is 13.2. The molecule has 0 aliphatic heterocycles. The second-order valence-corrected chi connectivity index (χ2v) is 2.82. The van der Waals surface area contributed by atoms with Gasteiger partial charge in [0.1, 0.15) is 19.5 Å². The Morgan fingerprint density at radius 3 is 2.71 bits per heavy atom. The van der Waals surface area contributed by atoms with Gasteiger partial charge in [-0.15, -0.1) is 18.3 Å². The fourth-order valence-corrected chi connectivity index (χ4v) is 0.876. The number of hydrogen-bond acceptors (Lipinski definition) is 6. The molecule has 0 unspecified atom stereocenters. The Kier molecular flexibility index (Phi) is 4.26. The summed E-state index contributed by atoms with van der Waals surface area (Å²) in [5.41, 5.74) is 5.18. The number of nitrogens with zero attached hydrogens (tertiary/aromatic N) is 3. The van der Waals surface area contributed by atoms with Crippen LogP contribution in [0.3, 0.4) is 0 Å². The van der Waals surface area contributed by atoms with Crippen molar-refractivity contribution < 1.29 is 27.4 Å². The Morgan fingerprint density at radius 1 is 1.47 bits per heavy atom. The number of alkyl halides is 3. The van der Waals surface area contributed by atoms with Crippen LogP contribution in [0.5, 0.6) is 0 Å². The molecule has 2 N–H and O–H groups in total. The normalized spacial score (nSPS) is 11.5. The topological polar surface area (TPSA) is 92.3 Å². The lowest BCUT2D eigenvalue weighted by molar-refractivity contribution is -0.326. The van der Waals surface area contributed by atoms with Crippen LogP contribution >= 0.6 is 0 Å². The molecule has 1 aromatic rings. The first-order chi connectivity index (χ1) is 7.87. The molecule has 0 aliphatic carbocycles. The van der Waals surface area contributed by atoms with Crippen molar-refractivity contribution >= 4 is 11.9 Å². The van der Waals surface area contributed by atoms with Crippen LogP contribution in [-0.4, -0.2) is 40.3 Å². The average Bonchev–Trinajstić information content (AvgIpc) is 2.57. The van der Waals surface area contributed by atoms with Crippen LogP contribution in [0.1, 0.15) is 0 Å². The number of aromatic nitrogens is 3. The second kappa shape index (κ2) is 5.48. The zero-order valence-electron chi connectivity index (χ0n) is 8.48. The number of carbonyl (C=O) groups is 1. The third kappa shape index (κ3) is 5.70. The van der Waals surface area contributed by atoms with E-state index in [1.807, 2.05) is 0 Å². The summed E-state index contributed by atoms with van der Waals surface area (Å²) in [7, 11) is 0. The number of esters is 1. The summed E-state index contributed by atoms with van der Waals surface area (Å²) in [6.07, 6.45) is -3.53. The maximum atomic E-state index is 11.5. The number of carbonyl (C=O) groups excluding carboxylic acids is 1. The van der Waals surface area contributed by atoms with E-state index < -0.39 is 25.5 Å². The van der Waals surface area contributed by atoms with Crippen LogP contribution in [-0.2, 0) is 20.8 Å². The quantitative estimate of drug-likeness (QED) is 0.584. The minimum Gasteiger partial charge on any atom is -0.462 e. The molecule has 7 nitrogen and oxygen atoms in total. The van der Waals surface area contributed by atoms with Gasteiger partial charge in [0, 0.05) is 0 Å². The van der Waals surface area contributed by atoms with Gasteiger partial charge < -0.3 is 10.5 Å². The van der Waals surface area contributed by atoms with Gasteiger partial charge in [-0.25, -0.2) is 9.67 Å². The number of ether oxygens (including phenoxy) is 2. The minimum absolute atomic E-state index is 0.0156. The first-order valence-electron chi connectivity index (χ1n) is 4.38. The van der Waals surface area contributed by atoms with E-state index >= 15 is 0 Å². The molecule has 96 valence electrons. The van der Waals surface area contributed by atoms with Crippen LogP contribution in [0.25, 0.3) is 0 Å². The van der Waals surface area contributed by atoms with E-state index in [0.29, 0.717) is 0 Å². The first-order valence-corrected chi connectivity index (χ1v) is 4.38. The Bertz CT molecular complexity index is 379. The lowest BCUT2D eigenvalue weighted by atomic mass is 10.6. The van der Waals surface area contributed by atoms with Crippen molar-refractivity contribution in [2.24, 2.45) is 0 Å². The molecule has 10 heteroatoms. The maximum absolute atomic E-state index is 11.5. The van der Waals surface area contributed by atoms with Gasteiger partial charge in [0.15, 0.2) is 0 Å². The van der Waals surface area contributed by atoms with Crippen LogP contribution in [0.4, 0.5) is 19.1 Å². The van der Waals surface area contributed by atoms with Crippen molar-refractivity contribution in [2.45, 2.75) is 12.9 Å². The van der Waals surface area contributed by atoms with E-state index in [9.17, 15) is 18.0 Å². The van der Waals surface area contributed by atoms with Crippen LogP contribution in [0.15, 0.2) is 6.33 Å². The highest BCUT2D eigenvalue weighted by Gasteiger charge is 2.28. The molecule has 0 amide bonds. The SMILES string of the molecule is Nc1ncn(CC(=O)OCCOC(F)(F)F)n1. The zero-order valence-corrected chi connectivity index (χ0v) is 8.48. The second-order valence-electron chi connectivity index (χ2n) is 2.82. The molecule has 0 spiro atoms. The summed E-state index contributed by atoms with van der Waals surface area (Å²) in [6.45, 7) is -1.53. The molecule has 0 saturated heterocycles. The number of hydrogen-bond donors (Lipinski definition) is 1. The molecular weight excluding hydrogens is 245 g/mol. The van der Waals surface area contributed by atoms with Crippen LogP contribution < -0.4 is 5.73 Å². The molecule has 0 aliphatic rings. The molecule has 0 atom stereocenters. The highest BCUT2D eigenvalue weighted by Crippen LogP contribution is 2.15. The van der Waals surface area contributed by atoms with Gasteiger partial charge in [0.25, 0.3) is 0 Å². The van der Waals surface area contributed by atoms with Crippen LogP contribution in [0, 0.1) is 0 Å². The average molecular weight is 254 g/mol. The van der Waals surface area contributed by atoms with Crippen LogP contribution in [0.2, 0.25) is 0 Å². The molecule has 0 radical (unpaired) electrons. The third-order valence-corrected chi connectivity index (χ3v) is 1.46. The maximum Gasteiger partial charge on any atom is 0.522 e. The highest BCUT2D eigenvalue weighted by atomic mass is 19.4. The van der Waals surface area contributed by atoms with E-state index in [2.05, 4.69) is 19.6 Å². The van der Waals surface area contributed by atoms with Crippen molar-refractivity contribution in [3.8, 4) is 0 Å². The van der Waals surface area contributed by atoms with Gasteiger partial charge >= 0.3 is 12.3 Å². The third-order valence-electron chi connectivity index (χ3n) is 1.46. The lowest BCUT2D eigenvalue weighted by Crippen LogP contribution is -2.20. The summed E-state index contributed by atoms with van der Waals surface area (Å²) < 4.78 is 43.6. The summed E-state index contributed by atoms with van der Waals surface area (Å²) in [6, 6.07) is 0. The summed E-state index contributed by atoms with van der Waals surface area (Å²) in [4.78, 5) is 14.6. The smallest absolute Gasteiger partial charge is 0.462 e. The molecular formula is C7H9F3N4O3. The number of halogens is 3. The van der Waals surface area contributed by atoms with Crippen molar-refractivity contribution in [2.75, 3.05) is 18.9 Å². The fourth-order valence-electron chi connectivity index (χ4n) is 0.876. The minimum atomic E-state index is -4.73. The molecule has 0 fully saturated rings. The Balaban J connectivity index is 2.18. The van der Waals surface area contributed by atoms with Gasteiger partial charge in [-0.1, -0.05) is 0 Å². The predicted octanol–water partition coefficient (Wildman–Crippen LogP) is -0.0601. The van der Waals surface area contributed by atoms with E-state index in [1.165, 1.54) is 6.33 Å². The number of anilines is 1. The molecule has 1 rings (SSSR count). The fraction of sp³-hybridized carbons (Fsp3) is 0.571. The summed E-state index contributed by atoms with van der Waals surface area (Å²) >= 11 is 0. The van der Waals surface area contributed by atoms with Crippen molar-refractivity contribution in [1.82, 2.24) is 14.8 Å². The molecule has 17 heavy (non-hydrogen) atoms. The van der Waals surface area contributed by atoms with Crippen molar-refractivity contribution in [1.29, 1.82) is 0 Å². The number of rotatable bonds is 5. The monoisotopic (exact) mass is 254 g/mol. The Morgan fingerprint density at radius 2 is 2.18 bits per heavy atom. The van der Waals surface area contributed by atoms with E-state index in [-0.39, 0.29) is 12.5 Å². The largest absolute Gasteiger partial charge is 0.522 e. The van der Waals surface area contributed by atoms with Crippen molar-refractivity contribution in [3.05, 3.63) is 6.33 Å². The molecule has 0 aromatic carbocycles. The van der Waals surface area contributed by atoms with E-state index in [4.69, 9.17) is 5.73 Å². The lowest BCUT2D eigenvalue weighted by Gasteiger charge is -2.07. The molecule has 1 heterocycles. The molecule has 0 bridgehead atoms. The van der Waals surface area contributed by atoms with E-state index in [0.717, 1.165) is 4.68 Å².